The minimum absolute atomic E-state index is 0.0890. The second kappa shape index (κ2) is 9.59. The standard InChI is InChI=1S/C21H24N2O6/c1-13-5-6-14(2)17(9-13)22-19(25)11-23(3)20(26)12-29-21(27)16-8-7-15(28-4)10-18(16)24/h5-10,24H,11-12H2,1-4H3,(H,22,25). The zero-order valence-corrected chi connectivity index (χ0v) is 16.8. The summed E-state index contributed by atoms with van der Waals surface area (Å²) in [6.07, 6.45) is 0. The molecule has 0 aliphatic heterocycles. The van der Waals surface area contributed by atoms with E-state index in [0.29, 0.717) is 11.4 Å². The number of hydrogen-bond donors (Lipinski definition) is 2. The van der Waals surface area contributed by atoms with E-state index >= 15 is 0 Å². The maximum Gasteiger partial charge on any atom is 0.342 e. The zero-order valence-electron chi connectivity index (χ0n) is 16.8. The Balaban J connectivity index is 1.87. The molecule has 29 heavy (non-hydrogen) atoms. The molecule has 2 aromatic carbocycles. The van der Waals surface area contributed by atoms with E-state index in [1.807, 2.05) is 32.0 Å². The molecule has 0 heterocycles. The number of ether oxygens (including phenoxy) is 2. The highest BCUT2D eigenvalue weighted by Crippen LogP contribution is 2.24. The predicted molar refractivity (Wildman–Crippen MR) is 107 cm³/mol. The van der Waals surface area contributed by atoms with Crippen LogP contribution in [0.2, 0.25) is 0 Å². The van der Waals surface area contributed by atoms with Gasteiger partial charge in [-0.2, -0.15) is 0 Å². The first-order valence-electron chi connectivity index (χ1n) is 8.86. The first-order chi connectivity index (χ1) is 13.7. The number of nitrogens with one attached hydrogen (secondary N) is 1. The van der Waals surface area contributed by atoms with Crippen LogP contribution in [0.3, 0.4) is 0 Å². The summed E-state index contributed by atoms with van der Waals surface area (Å²) in [7, 11) is 2.86. The first-order valence-corrected chi connectivity index (χ1v) is 8.86. The predicted octanol–water partition coefficient (Wildman–Crippen LogP) is 2.27. The Kier molecular flexibility index (Phi) is 7.19. The lowest BCUT2D eigenvalue weighted by Crippen LogP contribution is -2.37. The molecular weight excluding hydrogens is 376 g/mol. The van der Waals surface area contributed by atoms with E-state index in [0.717, 1.165) is 16.0 Å². The lowest BCUT2D eigenvalue weighted by molar-refractivity contribution is -0.136. The van der Waals surface area contributed by atoms with Crippen LogP contribution in [0.25, 0.3) is 0 Å². The number of aryl methyl sites for hydroxylation is 2. The third-order valence-electron chi connectivity index (χ3n) is 4.23. The summed E-state index contributed by atoms with van der Waals surface area (Å²) in [4.78, 5) is 37.6. The number of amides is 2. The van der Waals surface area contributed by atoms with Crippen molar-refractivity contribution in [3.05, 3.63) is 53.1 Å². The van der Waals surface area contributed by atoms with Crippen LogP contribution in [0, 0.1) is 13.8 Å². The summed E-state index contributed by atoms with van der Waals surface area (Å²) in [6, 6.07) is 9.77. The van der Waals surface area contributed by atoms with E-state index in [1.165, 1.54) is 32.4 Å². The Hall–Kier alpha value is -3.55. The normalized spacial score (nSPS) is 10.2. The summed E-state index contributed by atoms with van der Waals surface area (Å²) in [5, 5.41) is 12.6. The van der Waals surface area contributed by atoms with Gasteiger partial charge in [-0.3, -0.25) is 9.59 Å². The van der Waals surface area contributed by atoms with Gasteiger partial charge >= 0.3 is 5.97 Å². The number of phenols is 1. The number of nitrogens with zero attached hydrogens (tertiary/aromatic N) is 1. The average molecular weight is 400 g/mol. The molecule has 0 aliphatic rings. The van der Waals surface area contributed by atoms with Gasteiger partial charge in [-0.1, -0.05) is 12.1 Å². The highest BCUT2D eigenvalue weighted by atomic mass is 16.5. The Morgan fingerprint density at radius 3 is 2.48 bits per heavy atom. The lowest BCUT2D eigenvalue weighted by Gasteiger charge is -2.17. The molecule has 2 rings (SSSR count). The number of likely N-dealkylation sites (N-methyl/N-ethyl adjacent to an activating group) is 1. The molecule has 2 amide bonds. The van der Waals surface area contributed by atoms with Gasteiger partial charge in [0, 0.05) is 18.8 Å². The van der Waals surface area contributed by atoms with Gasteiger partial charge in [-0.25, -0.2) is 4.79 Å². The second-order valence-corrected chi connectivity index (χ2v) is 6.58. The van der Waals surface area contributed by atoms with Gasteiger partial charge in [-0.15, -0.1) is 0 Å². The minimum atomic E-state index is -0.855. The number of anilines is 1. The third kappa shape index (κ3) is 5.97. The number of rotatable bonds is 7. The van der Waals surface area contributed by atoms with Gasteiger partial charge in [0.15, 0.2) is 6.61 Å². The summed E-state index contributed by atoms with van der Waals surface area (Å²) in [5.41, 5.74) is 2.50. The van der Waals surface area contributed by atoms with Crippen LogP contribution in [-0.4, -0.2) is 55.1 Å². The molecular formula is C21H24N2O6. The second-order valence-electron chi connectivity index (χ2n) is 6.58. The van der Waals surface area contributed by atoms with Gasteiger partial charge in [-0.05, 0) is 43.2 Å². The number of carbonyl (C=O) groups is 3. The van der Waals surface area contributed by atoms with E-state index in [2.05, 4.69) is 5.32 Å². The molecule has 0 unspecified atom stereocenters. The molecule has 0 bridgehead atoms. The fourth-order valence-electron chi connectivity index (χ4n) is 2.49. The SMILES string of the molecule is COc1ccc(C(=O)OCC(=O)N(C)CC(=O)Nc2cc(C)ccc2C)c(O)c1. The summed E-state index contributed by atoms with van der Waals surface area (Å²) < 4.78 is 9.88. The molecule has 0 atom stereocenters. The molecule has 0 aliphatic carbocycles. The smallest absolute Gasteiger partial charge is 0.342 e. The molecule has 0 fully saturated rings. The third-order valence-corrected chi connectivity index (χ3v) is 4.23. The van der Waals surface area contributed by atoms with Crippen molar-refractivity contribution in [3.63, 3.8) is 0 Å². The van der Waals surface area contributed by atoms with Crippen molar-refractivity contribution in [2.45, 2.75) is 13.8 Å². The number of hydrogen-bond acceptors (Lipinski definition) is 6. The van der Waals surface area contributed by atoms with E-state index < -0.39 is 18.5 Å². The van der Waals surface area contributed by atoms with Crippen molar-refractivity contribution < 1.29 is 29.0 Å². The highest BCUT2D eigenvalue weighted by Gasteiger charge is 2.18. The first kappa shape index (κ1) is 21.7. The molecule has 8 heteroatoms. The number of carbonyl (C=O) groups excluding carboxylic acids is 3. The number of methoxy groups -OCH3 is 1. The van der Waals surface area contributed by atoms with Crippen LogP contribution in [0.1, 0.15) is 21.5 Å². The van der Waals surface area contributed by atoms with Crippen LogP contribution in [0.5, 0.6) is 11.5 Å². The van der Waals surface area contributed by atoms with Crippen molar-refractivity contribution in [1.29, 1.82) is 0 Å². The monoisotopic (exact) mass is 400 g/mol. The Labute approximate surface area is 169 Å². The Bertz CT molecular complexity index is 925. The van der Waals surface area contributed by atoms with E-state index in [9.17, 15) is 19.5 Å². The van der Waals surface area contributed by atoms with E-state index in [-0.39, 0.29) is 23.8 Å². The van der Waals surface area contributed by atoms with Gasteiger partial charge in [0.1, 0.15) is 17.1 Å². The topological polar surface area (TPSA) is 105 Å². The number of esters is 1. The Morgan fingerprint density at radius 1 is 1.10 bits per heavy atom. The van der Waals surface area contributed by atoms with E-state index in [4.69, 9.17) is 9.47 Å². The maximum atomic E-state index is 12.2. The number of phenolic OH excluding ortho intramolecular Hbond substituents is 1. The van der Waals surface area contributed by atoms with Gasteiger partial charge in [0.05, 0.1) is 13.7 Å². The van der Waals surface area contributed by atoms with Gasteiger partial charge in [0.25, 0.3) is 5.91 Å². The van der Waals surface area contributed by atoms with E-state index in [1.54, 1.807) is 0 Å². The fourth-order valence-corrected chi connectivity index (χ4v) is 2.49. The van der Waals surface area contributed by atoms with Crippen molar-refractivity contribution in [2.75, 3.05) is 32.6 Å². The van der Waals surface area contributed by atoms with Gasteiger partial charge in [0.2, 0.25) is 5.91 Å². The van der Waals surface area contributed by atoms with Crippen LogP contribution in [0.4, 0.5) is 5.69 Å². The summed E-state index contributed by atoms with van der Waals surface area (Å²) in [5.74, 6) is -1.71. The number of benzene rings is 2. The molecule has 0 radical (unpaired) electrons. The van der Waals surface area contributed by atoms with Crippen molar-refractivity contribution in [1.82, 2.24) is 4.90 Å². The lowest BCUT2D eigenvalue weighted by atomic mass is 10.1. The molecule has 154 valence electrons. The van der Waals surface area contributed by atoms with Crippen LogP contribution < -0.4 is 10.1 Å². The largest absolute Gasteiger partial charge is 0.507 e. The maximum absolute atomic E-state index is 12.2. The van der Waals surface area contributed by atoms with Crippen LogP contribution >= 0.6 is 0 Å². The molecule has 0 saturated heterocycles. The molecule has 8 nitrogen and oxygen atoms in total. The molecule has 0 saturated carbocycles. The van der Waals surface area contributed by atoms with Crippen molar-refractivity contribution >= 4 is 23.5 Å². The molecule has 2 aromatic rings. The van der Waals surface area contributed by atoms with Crippen molar-refractivity contribution in [3.8, 4) is 11.5 Å². The highest BCUT2D eigenvalue weighted by molar-refractivity contribution is 5.96. The molecule has 0 spiro atoms. The van der Waals surface area contributed by atoms with Crippen molar-refractivity contribution in [2.24, 2.45) is 0 Å². The average Bonchev–Trinajstić information content (AvgIpc) is 2.68. The fraction of sp³-hybridized carbons (Fsp3) is 0.286. The van der Waals surface area contributed by atoms with Crippen LogP contribution in [-0.2, 0) is 14.3 Å². The molecule has 0 aromatic heterocycles. The quantitative estimate of drug-likeness (QED) is 0.691. The number of aromatic hydroxyl groups is 1. The summed E-state index contributed by atoms with van der Waals surface area (Å²) >= 11 is 0. The molecule has 2 N–H and O–H groups in total. The summed E-state index contributed by atoms with van der Waals surface area (Å²) in [6.45, 7) is 3.03. The zero-order chi connectivity index (χ0) is 21.6. The Morgan fingerprint density at radius 2 is 1.83 bits per heavy atom. The van der Waals surface area contributed by atoms with Gasteiger partial charge < -0.3 is 24.8 Å². The van der Waals surface area contributed by atoms with Crippen LogP contribution in [0.15, 0.2) is 36.4 Å². The minimum Gasteiger partial charge on any atom is -0.507 e.